The van der Waals surface area contributed by atoms with Crippen LogP contribution in [-0.4, -0.2) is 11.5 Å². The van der Waals surface area contributed by atoms with Crippen LogP contribution in [0.4, 0.5) is 5.69 Å². The lowest BCUT2D eigenvalue weighted by Crippen LogP contribution is -2.20. The molecule has 0 bridgehead atoms. The van der Waals surface area contributed by atoms with Gasteiger partial charge in [0.05, 0.1) is 6.04 Å². The summed E-state index contributed by atoms with van der Waals surface area (Å²) in [6, 6.07) is 7.90. The van der Waals surface area contributed by atoms with E-state index in [2.05, 4.69) is 26.2 Å². The Kier molecular flexibility index (Phi) is 4.80. The summed E-state index contributed by atoms with van der Waals surface area (Å²) >= 11 is 9.53. The van der Waals surface area contributed by atoms with Crippen LogP contribution in [0, 0.1) is 6.92 Å². The van der Waals surface area contributed by atoms with Crippen molar-refractivity contribution < 1.29 is 0 Å². The van der Waals surface area contributed by atoms with Gasteiger partial charge in [-0.2, -0.15) is 0 Å². The molecule has 3 nitrogen and oxygen atoms in total. The first-order chi connectivity index (χ1) is 9.10. The molecule has 0 amide bonds. The molecule has 0 fully saturated rings. The molecule has 1 heterocycles. The van der Waals surface area contributed by atoms with Gasteiger partial charge in [-0.25, -0.2) is 0 Å². The zero-order chi connectivity index (χ0) is 13.8. The fourth-order valence-electron chi connectivity index (χ4n) is 1.78. The Morgan fingerprint density at radius 3 is 2.79 bits per heavy atom. The normalized spacial score (nSPS) is 12.2. The number of pyridine rings is 1. The summed E-state index contributed by atoms with van der Waals surface area (Å²) in [5, 5.41) is 4.11. The predicted octanol–water partition coefficient (Wildman–Crippen LogP) is 3.92. The summed E-state index contributed by atoms with van der Waals surface area (Å²) in [5.41, 5.74) is 8.87. The Morgan fingerprint density at radius 2 is 2.16 bits per heavy atom. The van der Waals surface area contributed by atoms with Gasteiger partial charge in [0.2, 0.25) is 0 Å². The molecule has 1 aromatic carbocycles. The second-order valence-corrected chi connectivity index (χ2v) is 5.66. The number of hydrogen-bond donors (Lipinski definition) is 2. The van der Waals surface area contributed by atoms with E-state index in [1.165, 1.54) is 0 Å². The Labute approximate surface area is 126 Å². The maximum atomic E-state index is 6.12. The molecule has 0 saturated heterocycles. The van der Waals surface area contributed by atoms with Crippen LogP contribution in [0.5, 0.6) is 0 Å². The number of nitrogens with one attached hydrogen (secondary N) is 1. The molecule has 0 saturated carbocycles. The van der Waals surface area contributed by atoms with Gasteiger partial charge in [-0.15, -0.1) is 0 Å². The van der Waals surface area contributed by atoms with Gasteiger partial charge < -0.3 is 11.1 Å². The van der Waals surface area contributed by atoms with Gasteiger partial charge >= 0.3 is 0 Å². The van der Waals surface area contributed by atoms with Crippen molar-refractivity contribution in [2.45, 2.75) is 13.0 Å². The molecule has 3 N–H and O–H groups in total. The Hall–Kier alpha value is -1.10. The van der Waals surface area contributed by atoms with Crippen molar-refractivity contribution >= 4 is 33.2 Å². The number of anilines is 1. The van der Waals surface area contributed by atoms with Crippen LogP contribution in [0.15, 0.2) is 41.1 Å². The van der Waals surface area contributed by atoms with Gasteiger partial charge in [0.25, 0.3) is 0 Å². The van der Waals surface area contributed by atoms with Crippen LogP contribution in [0.25, 0.3) is 0 Å². The highest BCUT2D eigenvalue weighted by molar-refractivity contribution is 9.10. The van der Waals surface area contributed by atoms with Crippen molar-refractivity contribution in [1.82, 2.24) is 4.98 Å². The molecule has 19 heavy (non-hydrogen) atoms. The number of nitrogens with two attached hydrogens (primary N) is 1. The van der Waals surface area contributed by atoms with Crippen LogP contribution in [0.2, 0.25) is 5.02 Å². The average molecular weight is 341 g/mol. The number of aryl methyl sites for hydroxylation is 1. The van der Waals surface area contributed by atoms with Crippen molar-refractivity contribution in [2.75, 3.05) is 11.9 Å². The fraction of sp³-hybridized carbons (Fsp3) is 0.214. The summed E-state index contributed by atoms with van der Waals surface area (Å²) in [6.07, 6.45) is 3.56. The summed E-state index contributed by atoms with van der Waals surface area (Å²) in [6.45, 7) is 2.45. The number of hydrogen-bond acceptors (Lipinski definition) is 3. The first kappa shape index (κ1) is 14.3. The average Bonchev–Trinajstić information content (AvgIpc) is 2.40. The Balaban J connectivity index is 2.21. The molecule has 0 aliphatic rings. The van der Waals surface area contributed by atoms with Gasteiger partial charge in [-0.3, -0.25) is 4.98 Å². The van der Waals surface area contributed by atoms with E-state index in [9.17, 15) is 0 Å². The molecule has 5 heteroatoms. The smallest absolute Gasteiger partial charge is 0.0651 e. The van der Waals surface area contributed by atoms with Crippen molar-refractivity contribution in [3.8, 4) is 0 Å². The summed E-state index contributed by atoms with van der Waals surface area (Å²) in [5.74, 6) is 0. The maximum absolute atomic E-state index is 6.12. The van der Waals surface area contributed by atoms with Crippen molar-refractivity contribution in [3.05, 3.63) is 57.3 Å². The molecular formula is C14H15BrClN3. The monoisotopic (exact) mass is 339 g/mol. The zero-order valence-corrected chi connectivity index (χ0v) is 12.9. The number of benzene rings is 1. The number of halogens is 2. The third kappa shape index (κ3) is 3.69. The van der Waals surface area contributed by atoms with E-state index in [1.54, 1.807) is 6.20 Å². The number of rotatable bonds is 4. The Bertz CT molecular complexity index is 574. The van der Waals surface area contributed by atoms with Gasteiger partial charge in [0.15, 0.2) is 0 Å². The highest BCUT2D eigenvalue weighted by Crippen LogP contribution is 2.24. The van der Waals surface area contributed by atoms with E-state index in [1.807, 2.05) is 37.4 Å². The van der Waals surface area contributed by atoms with Gasteiger partial charge in [-0.05, 0) is 52.2 Å². The summed E-state index contributed by atoms with van der Waals surface area (Å²) in [7, 11) is 0. The van der Waals surface area contributed by atoms with E-state index in [-0.39, 0.29) is 6.04 Å². The molecule has 1 unspecified atom stereocenters. The molecule has 0 aliphatic carbocycles. The zero-order valence-electron chi connectivity index (χ0n) is 10.5. The molecule has 2 rings (SSSR count). The topological polar surface area (TPSA) is 50.9 Å². The molecule has 100 valence electrons. The standard InChI is InChI=1S/C14H15BrClN3/c1-9-2-3-12(5-13(9)16)19-14(6-17)10-4-11(15)8-18-7-10/h2-5,7-8,14,19H,6,17H2,1H3. The highest BCUT2D eigenvalue weighted by Gasteiger charge is 2.10. The summed E-state index contributed by atoms with van der Waals surface area (Å²) < 4.78 is 0.937. The van der Waals surface area contributed by atoms with E-state index in [0.717, 1.165) is 26.3 Å². The number of aromatic nitrogens is 1. The summed E-state index contributed by atoms with van der Waals surface area (Å²) in [4.78, 5) is 4.16. The second-order valence-electron chi connectivity index (χ2n) is 4.33. The largest absolute Gasteiger partial charge is 0.377 e. The molecule has 1 atom stereocenters. The SMILES string of the molecule is Cc1ccc(NC(CN)c2cncc(Br)c2)cc1Cl. The molecule has 2 aromatic rings. The third-order valence-electron chi connectivity index (χ3n) is 2.88. The lowest BCUT2D eigenvalue weighted by Gasteiger charge is -2.19. The van der Waals surface area contributed by atoms with Crippen LogP contribution in [0.3, 0.4) is 0 Å². The van der Waals surface area contributed by atoms with Crippen LogP contribution < -0.4 is 11.1 Å². The van der Waals surface area contributed by atoms with E-state index in [4.69, 9.17) is 17.3 Å². The van der Waals surface area contributed by atoms with Crippen molar-refractivity contribution in [2.24, 2.45) is 5.73 Å². The van der Waals surface area contributed by atoms with E-state index < -0.39 is 0 Å². The van der Waals surface area contributed by atoms with Gasteiger partial charge in [0, 0.05) is 34.1 Å². The van der Waals surface area contributed by atoms with Crippen LogP contribution >= 0.6 is 27.5 Å². The third-order valence-corrected chi connectivity index (χ3v) is 3.72. The molecular weight excluding hydrogens is 326 g/mol. The molecule has 0 aliphatic heterocycles. The minimum absolute atomic E-state index is 0.00349. The lowest BCUT2D eigenvalue weighted by atomic mass is 10.1. The van der Waals surface area contributed by atoms with Crippen molar-refractivity contribution in [1.29, 1.82) is 0 Å². The van der Waals surface area contributed by atoms with E-state index in [0.29, 0.717) is 6.54 Å². The Morgan fingerprint density at radius 1 is 1.37 bits per heavy atom. The lowest BCUT2D eigenvalue weighted by molar-refractivity contribution is 0.784. The van der Waals surface area contributed by atoms with E-state index >= 15 is 0 Å². The van der Waals surface area contributed by atoms with Gasteiger partial charge in [0.1, 0.15) is 0 Å². The highest BCUT2D eigenvalue weighted by atomic mass is 79.9. The molecule has 1 aromatic heterocycles. The first-order valence-electron chi connectivity index (χ1n) is 5.93. The van der Waals surface area contributed by atoms with Gasteiger partial charge in [-0.1, -0.05) is 17.7 Å². The predicted molar refractivity (Wildman–Crippen MR) is 83.5 cm³/mol. The first-order valence-corrected chi connectivity index (χ1v) is 7.10. The number of nitrogens with zero attached hydrogens (tertiary/aromatic N) is 1. The van der Waals surface area contributed by atoms with Crippen LogP contribution in [-0.2, 0) is 0 Å². The molecule has 0 radical (unpaired) electrons. The minimum Gasteiger partial charge on any atom is -0.377 e. The minimum atomic E-state index is 0.00349. The molecule has 0 spiro atoms. The van der Waals surface area contributed by atoms with Crippen LogP contribution in [0.1, 0.15) is 17.2 Å². The quantitative estimate of drug-likeness (QED) is 0.887. The van der Waals surface area contributed by atoms with Crippen molar-refractivity contribution in [3.63, 3.8) is 0 Å². The fourth-order valence-corrected chi connectivity index (χ4v) is 2.34. The maximum Gasteiger partial charge on any atom is 0.0651 e. The second kappa shape index (κ2) is 6.37.